The van der Waals surface area contributed by atoms with Gasteiger partial charge in [-0.25, -0.2) is 0 Å². The highest BCUT2D eigenvalue weighted by Crippen LogP contribution is 2.61. The van der Waals surface area contributed by atoms with E-state index < -0.39 is 0 Å². The molecule has 2 N–H and O–H groups in total. The molecule has 3 atom stereocenters. The molecule has 2 bridgehead atoms. The highest BCUT2D eigenvalue weighted by Gasteiger charge is 2.60. The third kappa shape index (κ3) is 3.28. The van der Waals surface area contributed by atoms with Crippen molar-refractivity contribution in [3.05, 3.63) is 0 Å². The normalized spacial score (nSPS) is 36.3. The maximum Gasteiger partial charge on any atom is 0.234 e. The first-order chi connectivity index (χ1) is 10.9. The SMILES string of the molecule is CC1(C)C2CCC(C2)C1(C)NC(=O)CNCCN1CCOCC1. The number of nitrogens with zero attached hydrogens (tertiary/aromatic N) is 1. The maximum absolute atomic E-state index is 12.4. The molecule has 1 heterocycles. The molecule has 5 heteroatoms. The molecule has 5 nitrogen and oxygen atoms in total. The van der Waals surface area contributed by atoms with Crippen LogP contribution in [-0.2, 0) is 9.53 Å². The smallest absolute Gasteiger partial charge is 0.234 e. The van der Waals surface area contributed by atoms with Gasteiger partial charge < -0.3 is 15.4 Å². The van der Waals surface area contributed by atoms with Crippen LogP contribution in [0.5, 0.6) is 0 Å². The van der Waals surface area contributed by atoms with Crippen LogP contribution in [0.25, 0.3) is 0 Å². The Labute approximate surface area is 140 Å². The summed E-state index contributed by atoms with van der Waals surface area (Å²) >= 11 is 0. The number of carbonyl (C=O) groups excluding carboxylic acids is 1. The van der Waals surface area contributed by atoms with E-state index >= 15 is 0 Å². The second-order valence-electron chi connectivity index (χ2n) is 8.31. The fraction of sp³-hybridized carbons (Fsp3) is 0.944. The van der Waals surface area contributed by atoms with Gasteiger partial charge in [0.2, 0.25) is 5.91 Å². The fourth-order valence-corrected chi connectivity index (χ4v) is 4.97. The van der Waals surface area contributed by atoms with Gasteiger partial charge in [-0.05, 0) is 43.4 Å². The summed E-state index contributed by atoms with van der Waals surface area (Å²) in [7, 11) is 0. The molecular weight excluding hydrogens is 290 g/mol. The van der Waals surface area contributed by atoms with Crippen molar-refractivity contribution in [2.24, 2.45) is 17.3 Å². The van der Waals surface area contributed by atoms with Crippen molar-refractivity contribution < 1.29 is 9.53 Å². The first-order valence-corrected chi connectivity index (χ1v) is 9.25. The maximum atomic E-state index is 12.4. The van der Waals surface area contributed by atoms with Crippen LogP contribution >= 0.6 is 0 Å². The summed E-state index contributed by atoms with van der Waals surface area (Å²) in [6.45, 7) is 12.9. The van der Waals surface area contributed by atoms with Crippen molar-refractivity contribution >= 4 is 5.91 Å². The summed E-state index contributed by atoms with van der Waals surface area (Å²) in [5.41, 5.74) is 0.165. The molecular formula is C18H33N3O2. The molecule has 0 radical (unpaired) electrons. The summed E-state index contributed by atoms with van der Waals surface area (Å²) in [4.78, 5) is 14.8. The van der Waals surface area contributed by atoms with Crippen molar-refractivity contribution in [1.82, 2.24) is 15.5 Å². The van der Waals surface area contributed by atoms with Gasteiger partial charge in [-0.15, -0.1) is 0 Å². The van der Waals surface area contributed by atoms with Gasteiger partial charge in [-0.2, -0.15) is 0 Å². The minimum atomic E-state index is -0.0428. The third-order valence-electron chi connectivity index (χ3n) is 7.00. The molecule has 3 fully saturated rings. The summed E-state index contributed by atoms with van der Waals surface area (Å²) in [5, 5.41) is 6.68. The summed E-state index contributed by atoms with van der Waals surface area (Å²) in [6, 6.07) is 0. The largest absolute Gasteiger partial charge is 0.379 e. The van der Waals surface area contributed by atoms with Gasteiger partial charge in [0.05, 0.1) is 19.8 Å². The predicted octanol–water partition coefficient (Wildman–Crippen LogP) is 1.24. The molecule has 3 unspecified atom stereocenters. The molecule has 2 saturated carbocycles. The van der Waals surface area contributed by atoms with Crippen LogP contribution in [0.15, 0.2) is 0 Å². The standard InChI is InChI=1S/C18H33N3O2/c1-17(2)14-4-5-15(12-14)18(17,3)20-16(22)13-19-6-7-21-8-10-23-11-9-21/h14-15,19H,4-13H2,1-3H3,(H,20,22). The lowest BCUT2D eigenvalue weighted by Gasteiger charge is -2.48. The van der Waals surface area contributed by atoms with Gasteiger partial charge in [-0.3, -0.25) is 9.69 Å². The van der Waals surface area contributed by atoms with Crippen LogP contribution < -0.4 is 10.6 Å². The lowest BCUT2D eigenvalue weighted by atomic mass is 9.64. The van der Waals surface area contributed by atoms with Crippen molar-refractivity contribution in [3.63, 3.8) is 0 Å². The monoisotopic (exact) mass is 323 g/mol. The number of amides is 1. The number of nitrogens with one attached hydrogen (secondary N) is 2. The Balaban J connectivity index is 1.41. The lowest BCUT2D eigenvalue weighted by molar-refractivity contribution is -0.124. The highest BCUT2D eigenvalue weighted by molar-refractivity contribution is 5.79. The Kier molecular flexibility index (Phi) is 5.00. The number of fused-ring (bicyclic) bond motifs is 2. The van der Waals surface area contributed by atoms with E-state index in [0.717, 1.165) is 45.3 Å². The molecule has 2 aliphatic carbocycles. The second kappa shape index (κ2) is 6.69. The molecule has 0 aromatic rings. The highest BCUT2D eigenvalue weighted by atomic mass is 16.5. The molecule has 1 amide bonds. The van der Waals surface area contributed by atoms with E-state index in [1.807, 2.05) is 0 Å². The van der Waals surface area contributed by atoms with Crippen molar-refractivity contribution in [2.45, 2.75) is 45.6 Å². The van der Waals surface area contributed by atoms with Crippen molar-refractivity contribution in [3.8, 4) is 0 Å². The Morgan fingerprint density at radius 1 is 1.17 bits per heavy atom. The summed E-state index contributed by atoms with van der Waals surface area (Å²) in [6.07, 6.45) is 3.89. The number of rotatable bonds is 6. The molecule has 0 aromatic heterocycles. The van der Waals surface area contributed by atoms with Gasteiger partial charge in [0.15, 0.2) is 0 Å². The van der Waals surface area contributed by atoms with Crippen LogP contribution in [0.4, 0.5) is 0 Å². The molecule has 0 spiro atoms. The average molecular weight is 323 g/mol. The van der Waals surface area contributed by atoms with E-state index in [2.05, 4.69) is 36.3 Å². The lowest BCUT2D eigenvalue weighted by Crippen LogP contribution is -2.60. The Morgan fingerprint density at radius 2 is 1.87 bits per heavy atom. The molecule has 0 aromatic carbocycles. The van der Waals surface area contributed by atoms with Crippen molar-refractivity contribution in [1.29, 1.82) is 0 Å². The van der Waals surface area contributed by atoms with E-state index in [9.17, 15) is 4.79 Å². The summed E-state index contributed by atoms with van der Waals surface area (Å²) < 4.78 is 5.35. The van der Waals surface area contributed by atoms with E-state index in [1.54, 1.807) is 0 Å². The van der Waals surface area contributed by atoms with E-state index in [4.69, 9.17) is 4.74 Å². The quantitative estimate of drug-likeness (QED) is 0.722. The molecule has 132 valence electrons. The molecule has 1 aliphatic heterocycles. The molecule has 1 saturated heterocycles. The second-order valence-corrected chi connectivity index (χ2v) is 8.31. The number of hydrogen-bond acceptors (Lipinski definition) is 4. The Morgan fingerprint density at radius 3 is 2.52 bits per heavy atom. The summed E-state index contributed by atoms with van der Waals surface area (Å²) in [5.74, 6) is 1.57. The van der Waals surface area contributed by atoms with Gasteiger partial charge in [-0.1, -0.05) is 13.8 Å². The van der Waals surface area contributed by atoms with Crippen LogP contribution in [0.3, 0.4) is 0 Å². The fourth-order valence-electron chi connectivity index (χ4n) is 4.97. The predicted molar refractivity (Wildman–Crippen MR) is 91.3 cm³/mol. The molecule has 23 heavy (non-hydrogen) atoms. The van der Waals surface area contributed by atoms with Crippen LogP contribution in [0.2, 0.25) is 0 Å². The number of hydrogen-bond donors (Lipinski definition) is 2. The zero-order valence-corrected chi connectivity index (χ0v) is 15.0. The topological polar surface area (TPSA) is 53.6 Å². The zero-order chi connectivity index (χ0) is 16.5. The first kappa shape index (κ1) is 17.2. The van der Waals surface area contributed by atoms with Crippen LogP contribution in [0.1, 0.15) is 40.0 Å². The third-order valence-corrected chi connectivity index (χ3v) is 7.00. The minimum Gasteiger partial charge on any atom is -0.379 e. The zero-order valence-electron chi connectivity index (χ0n) is 15.0. The number of carbonyl (C=O) groups is 1. The van der Waals surface area contributed by atoms with Gasteiger partial charge in [0.1, 0.15) is 0 Å². The minimum absolute atomic E-state index is 0.0428. The van der Waals surface area contributed by atoms with E-state index in [1.165, 1.54) is 19.3 Å². The Hall–Kier alpha value is -0.650. The van der Waals surface area contributed by atoms with Crippen LogP contribution in [-0.4, -0.2) is 62.3 Å². The van der Waals surface area contributed by atoms with E-state index in [0.29, 0.717) is 12.5 Å². The first-order valence-electron chi connectivity index (χ1n) is 9.25. The Bertz CT molecular complexity index is 434. The van der Waals surface area contributed by atoms with Crippen LogP contribution in [0, 0.1) is 17.3 Å². The van der Waals surface area contributed by atoms with Gasteiger partial charge in [0.25, 0.3) is 0 Å². The average Bonchev–Trinajstić information content (AvgIpc) is 3.08. The van der Waals surface area contributed by atoms with Gasteiger partial charge in [0, 0.05) is 31.7 Å². The van der Waals surface area contributed by atoms with Crippen molar-refractivity contribution in [2.75, 3.05) is 45.9 Å². The molecule has 3 aliphatic rings. The number of ether oxygens (including phenoxy) is 1. The number of morpholine rings is 1. The van der Waals surface area contributed by atoms with Gasteiger partial charge >= 0.3 is 0 Å². The van der Waals surface area contributed by atoms with E-state index in [-0.39, 0.29) is 16.9 Å². The molecule has 3 rings (SSSR count).